The van der Waals surface area contributed by atoms with Gasteiger partial charge in [-0.05, 0) is 25.7 Å². The third-order valence-electron chi connectivity index (χ3n) is 2.23. The number of likely N-dealkylation sites (N-methyl/N-ethyl adjacent to an activating group) is 1. The fraction of sp³-hybridized carbons (Fsp3) is 0.727. The van der Waals surface area contributed by atoms with E-state index >= 15 is 0 Å². The highest BCUT2D eigenvalue weighted by Crippen LogP contribution is 2.05. The van der Waals surface area contributed by atoms with Gasteiger partial charge in [0.2, 0.25) is 0 Å². The van der Waals surface area contributed by atoms with Crippen molar-refractivity contribution in [3.05, 3.63) is 12.7 Å². The molecule has 0 aromatic rings. The van der Waals surface area contributed by atoms with Gasteiger partial charge in [0, 0.05) is 0 Å². The van der Waals surface area contributed by atoms with Crippen LogP contribution in [0.3, 0.4) is 0 Å². The molecule has 0 aromatic heterocycles. The van der Waals surface area contributed by atoms with Crippen LogP contribution in [-0.4, -0.2) is 42.7 Å². The fourth-order valence-corrected chi connectivity index (χ4v) is 1.45. The van der Waals surface area contributed by atoms with Crippen LogP contribution < -0.4 is 12.4 Å². The molecule has 0 radical (unpaired) electrons. The van der Waals surface area contributed by atoms with Gasteiger partial charge in [0.05, 0.1) is 20.6 Å². The molecule has 0 aliphatic carbocycles. The van der Waals surface area contributed by atoms with Gasteiger partial charge in [-0.1, -0.05) is 6.08 Å². The molecule has 0 aliphatic rings. The Bertz CT molecular complexity index is 193. The molecule has 0 aromatic carbocycles. The summed E-state index contributed by atoms with van der Waals surface area (Å²) in [6.07, 6.45) is 6.40. The number of nitrogens with zero attached hydrogens (tertiary/aromatic N) is 1. The van der Waals surface area contributed by atoms with E-state index < -0.39 is 5.97 Å². The third-order valence-corrected chi connectivity index (χ3v) is 2.23. The van der Waals surface area contributed by atoms with E-state index in [1.54, 1.807) is 0 Å². The van der Waals surface area contributed by atoms with E-state index in [0.29, 0.717) is 4.48 Å². The maximum Gasteiger partial charge on any atom is 0.359 e. The minimum Gasteiger partial charge on any atom is -1.00 e. The molecule has 0 spiro atoms. The Morgan fingerprint density at radius 3 is 2.40 bits per heavy atom. The van der Waals surface area contributed by atoms with Crippen molar-refractivity contribution in [1.29, 1.82) is 0 Å². The summed E-state index contributed by atoms with van der Waals surface area (Å²) in [6.45, 7) is 4.81. The molecular weight excluding hydrogens is 214 g/mol. The number of halogens is 1. The highest BCUT2D eigenvalue weighted by molar-refractivity contribution is 5.67. The highest BCUT2D eigenvalue weighted by Gasteiger charge is 2.18. The second-order valence-electron chi connectivity index (χ2n) is 4.35. The summed E-state index contributed by atoms with van der Waals surface area (Å²) >= 11 is 0. The number of unbranched alkanes of at least 4 members (excludes halogenated alkanes) is 3. The number of carboxylic acid groups (broad SMARTS) is 1. The largest absolute Gasteiger partial charge is 1.00 e. The van der Waals surface area contributed by atoms with Gasteiger partial charge in [-0.25, -0.2) is 4.79 Å². The van der Waals surface area contributed by atoms with Crippen LogP contribution in [0.2, 0.25) is 0 Å². The predicted molar refractivity (Wildman–Crippen MR) is 58.1 cm³/mol. The summed E-state index contributed by atoms with van der Waals surface area (Å²) in [5.74, 6) is -0.721. The second-order valence-corrected chi connectivity index (χ2v) is 4.35. The Labute approximate surface area is 98.8 Å². The molecule has 15 heavy (non-hydrogen) atoms. The number of quaternary nitrogens is 1. The van der Waals surface area contributed by atoms with E-state index in [9.17, 15) is 4.79 Å². The molecule has 90 valence electrons. The molecule has 0 heterocycles. The maximum absolute atomic E-state index is 10.5. The zero-order valence-electron chi connectivity index (χ0n) is 9.71. The lowest BCUT2D eigenvalue weighted by Gasteiger charge is -2.27. The summed E-state index contributed by atoms with van der Waals surface area (Å²) in [7, 11) is 3.92. The number of hydrogen-bond acceptors (Lipinski definition) is 1. The van der Waals surface area contributed by atoms with Crippen molar-refractivity contribution in [2.75, 3.05) is 27.2 Å². The standard InChI is InChI=1S/C11H21NO2.ClH/c1-4-5-6-7-8-9-12(2,3)10-11(13)14;/h4H,1,5-10H2,2-3H3;1H. The SMILES string of the molecule is C=CCCCCC[N+](C)(C)CC(=O)O.[Cl-]. The van der Waals surface area contributed by atoms with Gasteiger partial charge < -0.3 is 22.0 Å². The van der Waals surface area contributed by atoms with Gasteiger partial charge in [-0.2, -0.15) is 0 Å². The molecule has 0 rings (SSSR count). The second kappa shape index (κ2) is 8.74. The van der Waals surface area contributed by atoms with E-state index in [4.69, 9.17) is 5.11 Å². The zero-order chi connectivity index (χ0) is 11.0. The van der Waals surface area contributed by atoms with Gasteiger partial charge in [0.25, 0.3) is 0 Å². The summed E-state index contributed by atoms with van der Waals surface area (Å²) in [6, 6.07) is 0. The molecular formula is C11H22ClNO2. The molecule has 0 bridgehead atoms. The molecule has 1 N–H and O–H groups in total. The van der Waals surface area contributed by atoms with Gasteiger partial charge in [-0.3, -0.25) is 0 Å². The zero-order valence-corrected chi connectivity index (χ0v) is 10.5. The smallest absolute Gasteiger partial charge is 0.359 e. The number of carbonyl (C=O) groups is 1. The molecule has 0 unspecified atom stereocenters. The van der Waals surface area contributed by atoms with Crippen molar-refractivity contribution >= 4 is 5.97 Å². The van der Waals surface area contributed by atoms with Crippen molar-refractivity contribution in [1.82, 2.24) is 0 Å². The first-order valence-electron chi connectivity index (χ1n) is 5.12. The molecule has 0 fully saturated rings. The topological polar surface area (TPSA) is 37.3 Å². The van der Waals surface area contributed by atoms with E-state index in [2.05, 4.69) is 6.58 Å². The van der Waals surface area contributed by atoms with Crippen molar-refractivity contribution in [3.63, 3.8) is 0 Å². The predicted octanol–water partition coefficient (Wildman–Crippen LogP) is -1.10. The summed E-state index contributed by atoms with van der Waals surface area (Å²) in [5.41, 5.74) is 0. The van der Waals surface area contributed by atoms with Crippen LogP contribution in [0.25, 0.3) is 0 Å². The molecule has 0 atom stereocenters. The first-order valence-corrected chi connectivity index (χ1v) is 5.12. The average molecular weight is 236 g/mol. The van der Waals surface area contributed by atoms with Gasteiger partial charge >= 0.3 is 5.97 Å². The Kier molecular flexibility index (Phi) is 9.84. The van der Waals surface area contributed by atoms with E-state index in [1.807, 2.05) is 20.2 Å². The van der Waals surface area contributed by atoms with E-state index in [-0.39, 0.29) is 19.0 Å². The molecule has 0 aliphatic heterocycles. The minimum absolute atomic E-state index is 0. The van der Waals surface area contributed by atoms with Gasteiger partial charge in [0.1, 0.15) is 0 Å². The lowest BCUT2D eigenvalue weighted by Crippen LogP contribution is -3.00. The summed E-state index contributed by atoms with van der Waals surface area (Å²) in [4.78, 5) is 10.5. The normalized spacial score (nSPS) is 10.5. The van der Waals surface area contributed by atoms with E-state index in [1.165, 1.54) is 0 Å². The van der Waals surface area contributed by atoms with Gasteiger partial charge in [0.15, 0.2) is 6.54 Å². The highest BCUT2D eigenvalue weighted by atomic mass is 35.5. The monoisotopic (exact) mass is 235 g/mol. The van der Waals surface area contributed by atoms with Crippen LogP contribution in [0, 0.1) is 0 Å². The Hall–Kier alpha value is -0.540. The lowest BCUT2D eigenvalue weighted by molar-refractivity contribution is -0.883. The first kappa shape index (κ1) is 16.9. The van der Waals surface area contributed by atoms with Crippen LogP contribution in [0.1, 0.15) is 25.7 Å². The fourth-order valence-electron chi connectivity index (χ4n) is 1.45. The molecule has 0 amide bonds. The van der Waals surface area contributed by atoms with Crippen molar-refractivity contribution in [2.45, 2.75) is 25.7 Å². The number of carboxylic acids is 1. The van der Waals surface area contributed by atoms with Crippen molar-refractivity contribution in [2.24, 2.45) is 0 Å². The van der Waals surface area contributed by atoms with Crippen molar-refractivity contribution in [3.8, 4) is 0 Å². The minimum atomic E-state index is -0.721. The number of rotatable bonds is 8. The lowest BCUT2D eigenvalue weighted by atomic mass is 10.2. The number of allylic oxidation sites excluding steroid dienone is 1. The molecule has 3 nitrogen and oxygen atoms in total. The molecule has 0 saturated heterocycles. The molecule has 4 heteroatoms. The van der Waals surface area contributed by atoms with Crippen LogP contribution in [0.4, 0.5) is 0 Å². The van der Waals surface area contributed by atoms with E-state index in [0.717, 1.165) is 32.2 Å². The van der Waals surface area contributed by atoms with Crippen molar-refractivity contribution < 1.29 is 26.8 Å². The van der Waals surface area contributed by atoms with Crippen LogP contribution in [0.15, 0.2) is 12.7 Å². The Morgan fingerprint density at radius 2 is 1.93 bits per heavy atom. The van der Waals surface area contributed by atoms with Crippen LogP contribution >= 0.6 is 0 Å². The first-order chi connectivity index (χ1) is 6.48. The Balaban J connectivity index is 0. The third kappa shape index (κ3) is 11.4. The number of hydrogen-bond donors (Lipinski definition) is 1. The van der Waals surface area contributed by atoms with Gasteiger partial charge in [-0.15, -0.1) is 6.58 Å². The quantitative estimate of drug-likeness (QED) is 0.330. The summed E-state index contributed by atoms with van der Waals surface area (Å²) < 4.78 is 0.573. The Morgan fingerprint density at radius 1 is 1.33 bits per heavy atom. The summed E-state index contributed by atoms with van der Waals surface area (Å²) in [5, 5.41) is 8.66. The van der Waals surface area contributed by atoms with Crippen LogP contribution in [-0.2, 0) is 4.79 Å². The average Bonchev–Trinajstić information content (AvgIpc) is 2.01. The maximum atomic E-state index is 10.5. The molecule has 0 saturated carbocycles. The number of aliphatic carboxylic acids is 1. The van der Waals surface area contributed by atoms with Crippen LogP contribution in [0.5, 0.6) is 0 Å².